The molecule has 0 unspecified atom stereocenters. The van der Waals surface area contributed by atoms with Crippen LogP contribution in [0.2, 0.25) is 0 Å². The summed E-state index contributed by atoms with van der Waals surface area (Å²) < 4.78 is 11.2. The number of hydrogen-bond donors (Lipinski definition) is 1. The van der Waals surface area contributed by atoms with Crippen molar-refractivity contribution in [1.82, 2.24) is 0 Å². The van der Waals surface area contributed by atoms with Gasteiger partial charge in [0.1, 0.15) is 11.5 Å². The van der Waals surface area contributed by atoms with Crippen LogP contribution in [0.15, 0.2) is 40.9 Å². The Morgan fingerprint density at radius 3 is 2.48 bits per heavy atom. The van der Waals surface area contributed by atoms with E-state index in [2.05, 4.69) is 21.2 Å². The van der Waals surface area contributed by atoms with Crippen molar-refractivity contribution in [2.24, 2.45) is 0 Å². The van der Waals surface area contributed by atoms with Crippen LogP contribution in [0.5, 0.6) is 11.5 Å². The van der Waals surface area contributed by atoms with Gasteiger partial charge in [0.2, 0.25) is 0 Å². The molecule has 0 aliphatic carbocycles. The third-order valence-corrected chi connectivity index (χ3v) is 3.68. The molecule has 0 spiro atoms. The van der Waals surface area contributed by atoms with Crippen LogP contribution in [0.1, 0.15) is 15.9 Å². The van der Waals surface area contributed by atoms with Crippen LogP contribution >= 0.6 is 15.9 Å². The fourth-order valence-electron chi connectivity index (χ4n) is 1.90. The lowest BCUT2D eigenvalue weighted by Gasteiger charge is -2.12. The third-order valence-electron chi connectivity index (χ3n) is 3.02. The summed E-state index contributed by atoms with van der Waals surface area (Å²) in [5.74, 6) is 0.843. The second-order valence-electron chi connectivity index (χ2n) is 4.50. The fourth-order valence-corrected chi connectivity index (χ4v) is 2.50. The van der Waals surface area contributed by atoms with E-state index in [-0.39, 0.29) is 5.91 Å². The van der Waals surface area contributed by atoms with Crippen molar-refractivity contribution in [3.63, 3.8) is 0 Å². The molecule has 1 N–H and O–H groups in total. The largest absolute Gasteiger partial charge is 0.497 e. The summed E-state index contributed by atoms with van der Waals surface area (Å²) in [4.78, 5) is 12.4. The quantitative estimate of drug-likeness (QED) is 0.906. The Hall–Kier alpha value is -2.01. The molecule has 0 atom stereocenters. The normalized spacial score (nSPS) is 10.1. The first-order valence-electron chi connectivity index (χ1n) is 6.34. The molecule has 0 saturated heterocycles. The highest BCUT2D eigenvalue weighted by Crippen LogP contribution is 2.27. The van der Waals surface area contributed by atoms with Crippen molar-refractivity contribution in [2.45, 2.75) is 6.92 Å². The molecule has 0 bridgehead atoms. The Labute approximate surface area is 132 Å². The van der Waals surface area contributed by atoms with Crippen LogP contribution in [0.25, 0.3) is 0 Å². The zero-order valence-corrected chi connectivity index (χ0v) is 13.7. The predicted octanol–water partition coefficient (Wildman–Crippen LogP) is 4.03. The molecule has 21 heavy (non-hydrogen) atoms. The highest BCUT2D eigenvalue weighted by Gasteiger charge is 2.15. The predicted molar refractivity (Wildman–Crippen MR) is 86.4 cm³/mol. The Morgan fingerprint density at radius 1 is 1.10 bits per heavy atom. The van der Waals surface area contributed by atoms with Gasteiger partial charge in [-0.1, -0.05) is 6.07 Å². The number of hydrogen-bond acceptors (Lipinski definition) is 3. The Balaban J connectivity index is 2.31. The number of anilines is 1. The zero-order chi connectivity index (χ0) is 15.4. The number of carbonyl (C=O) groups is 1. The highest BCUT2D eigenvalue weighted by molar-refractivity contribution is 9.10. The minimum atomic E-state index is -0.254. The lowest BCUT2D eigenvalue weighted by atomic mass is 10.1. The molecule has 0 saturated carbocycles. The van der Waals surface area contributed by atoms with Gasteiger partial charge in [-0.05, 0) is 58.7 Å². The van der Waals surface area contributed by atoms with Gasteiger partial charge in [0.15, 0.2) is 0 Å². The van der Waals surface area contributed by atoms with Crippen LogP contribution in [0.3, 0.4) is 0 Å². The van der Waals surface area contributed by atoms with E-state index >= 15 is 0 Å². The van der Waals surface area contributed by atoms with Gasteiger partial charge in [-0.15, -0.1) is 0 Å². The highest BCUT2D eigenvalue weighted by atomic mass is 79.9. The van der Waals surface area contributed by atoms with Crippen LogP contribution in [0, 0.1) is 6.92 Å². The van der Waals surface area contributed by atoms with Crippen LogP contribution in [-0.2, 0) is 0 Å². The monoisotopic (exact) mass is 349 g/mol. The first-order valence-corrected chi connectivity index (χ1v) is 7.14. The molecule has 0 aliphatic heterocycles. The first kappa shape index (κ1) is 15.4. The summed E-state index contributed by atoms with van der Waals surface area (Å²) in [7, 11) is 3.08. The maximum absolute atomic E-state index is 12.4. The van der Waals surface area contributed by atoms with E-state index in [1.807, 2.05) is 25.1 Å². The third kappa shape index (κ3) is 3.55. The number of carbonyl (C=O) groups excluding carboxylic acids is 1. The van der Waals surface area contributed by atoms with Gasteiger partial charge in [0, 0.05) is 4.47 Å². The van der Waals surface area contributed by atoms with E-state index in [4.69, 9.17) is 9.47 Å². The van der Waals surface area contributed by atoms with E-state index in [1.165, 1.54) is 7.11 Å². The minimum Gasteiger partial charge on any atom is -0.497 e. The summed E-state index contributed by atoms with van der Waals surface area (Å²) >= 11 is 3.44. The summed E-state index contributed by atoms with van der Waals surface area (Å²) in [6.07, 6.45) is 0. The molecule has 1 amide bonds. The van der Waals surface area contributed by atoms with Crippen molar-refractivity contribution in [2.75, 3.05) is 19.5 Å². The lowest BCUT2D eigenvalue weighted by Crippen LogP contribution is -2.13. The van der Waals surface area contributed by atoms with E-state index in [9.17, 15) is 4.79 Å². The standard InChI is InChI=1S/C16H16BrNO3/c1-10-4-6-14(13(17)8-10)18-16(19)12-9-11(20-2)5-7-15(12)21-3/h4-9H,1-3H3,(H,18,19). The van der Waals surface area contributed by atoms with Gasteiger partial charge >= 0.3 is 0 Å². The first-order chi connectivity index (χ1) is 10.0. The molecule has 2 rings (SSSR count). The van der Waals surface area contributed by atoms with Crippen LogP contribution in [0.4, 0.5) is 5.69 Å². The number of rotatable bonds is 4. The van der Waals surface area contributed by atoms with E-state index in [0.717, 1.165) is 10.0 Å². The van der Waals surface area contributed by atoms with Crippen LogP contribution < -0.4 is 14.8 Å². The Morgan fingerprint density at radius 2 is 1.86 bits per heavy atom. The molecule has 4 nitrogen and oxygen atoms in total. The van der Waals surface area contributed by atoms with Gasteiger partial charge < -0.3 is 14.8 Å². The van der Waals surface area contributed by atoms with Gasteiger partial charge in [0.05, 0.1) is 25.5 Å². The second-order valence-corrected chi connectivity index (χ2v) is 5.36. The maximum atomic E-state index is 12.4. The molecule has 110 valence electrons. The number of halogens is 1. The zero-order valence-electron chi connectivity index (χ0n) is 12.1. The molecular weight excluding hydrogens is 334 g/mol. The van der Waals surface area contributed by atoms with Crippen molar-refractivity contribution >= 4 is 27.5 Å². The van der Waals surface area contributed by atoms with Crippen molar-refractivity contribution in [3.05, 3.63) is 52.0 Å². The van der Waals surface area contributed by atoms with Crippen molar-refractivity contribution in [3.8, 4) is 11.5 Å². The lowest BCUT2D eigenvalue weighted by molar-refractivity contribution is 0.102. The fraction of sp³-hybridized carbons (Fsp3) is 0.188. The number of amides is 1. The Kier molecular flexibility index (Phi) is 4.85. The number of methoxy groups -OCH3 is 2. The molecule has 2 aromatic carbocycles. The molecule has 0 radical (unpaired) electrons. The maximum Gasteiger partial charge on any atom is 0.259 e. The van der Waals surface area contributed by atoms with E-state index in [0.29, 0.717) is 22.7 Å². The molecular formula is C16H16BrNO3. The average Bonchev–Trinajstić information content (AvgIpc) is 2.49. The number of ether oxygens (including phenoxy) is 2. The van der Waals surface area contributed by atoms with Crippen molar-refractivity contribution < 1.29 is 14.3 Å². The van der Waals surface area contributed by atoms with E-state index < -0.39 is 0 Å². The summed E-state index contributed by atoms with van der Waals surface area (Å²) in [5.41, 5.74) is 2.23. The number of benzene rings is 2. The molecule has 0 aromatic heterocycles. The van der Waals surface area contributed by atoms with Gasteiger partial charge in [-0.3, -0.25) is 4.79 Å². The van der Waals surface area contributed by atoms with Gasteiger partial charge in [-0.25, -0.2) is 0 Å². The Bertz CT molecular complexity index is 671. The van der Waals surface area contributed by atoms with Crippen LogP contribution in [-0.4, -0.2) is 20.1 Å². The summed E-state index contributed by atoms with van der Waals surface area (Å²) in [5, 5.41) is 2.86. The molecule has 5 heteroatoms. The number of aryl methyl sites for hydroxylation is 1. The summed E-state index contributed by atoms with van der Waals surface area (Å²) in [6.45, 7) is 1.99. The smallest absolute Gasteiger partial charge is 0.259 e. The van der Waals surface area contributed by atoms with Gasteiger partial charge in [-0.2, -0.15) is 0 Å². The second kappa shape index (κ2) is 6.63. The van der Waals surface area contributed by atoms with E-state index in [1.54, 1.807) is 25.3 Å². The topological polar surface area (TPSA) is 47.6 Å². The SMILES string of the molecule is COc1ccc(OC)c(C(=O)Nc2ccc(C)cc2Br)c1. The minimum absolute atomic E-state index is 0.254. The van der Waals surface area contributed by atoms with Crippen molar-refractivity contribution in [1.29, 1.82) is 0 Å². The average molecular weight is 350 g/mol. The molecule has 2 aromatic rings. The molecule has 0 fully saturated rings. The summed E-state index contributed by atoms with van der Waals surface area (Å²) in [6, 6.07) is 10.8. The molecule has 0 aliphatic rings. The number of nitrogens with one attached hydrogen (secondary N) is 1. The molecule has 0 heterocycles. The van der Waals surface area contributed by atoms with Gasteiger partial charge in [0.25, 0.3) is 5.91 Å².